The Hall–Kier alpha value is -0.760. The van der Waals surface area contributed by atoms with Crippen molar-refractivity contribution in [2.75, 3.05) is 18.5 Å². The van der Waals surface area contributed by atoms with Gasteiger partial charge in [0.25, 0.3) is 0 Å². The van der Waals surface area contributed by atoms with Gasteiger partial charge in [-0.15, -0.1) is 11.6 Å². The smallest absolute Gasteiger partial charge is 0.128 e. The molecule has 0 amide bonds. The zero-order valence-electron chi connectivity index (χ0n) is 11.9. The van der Waals surface area contributed by atoms with Crippen LogP contribution in [0.4, 0.5) is 5.82 Å². The molecule has 1 aromatic rings. The van der Waals surface area contributed by atoms with E-state index in [1.165, 1.54) is 24.8 Å². The fraction of sp³-hybridized carbons (Fsp3) is 0.667. The van der Waals surface area contributed by atoms with E-state index in [1.807, 2.05) is 0 Å². The molecule has 3 heteroatoms. The van der Waals surface area contributed by atoms with Crippen molar-refractivity contribution < 1.29 is 0 Å². The maximum atomic E-state index is 5.96. The lowest BCUT2D eigenvalue weighted by Gasteiger charge is -2.19. The summed E-state index contributed by atoms with van der Waals surface area (Å²) in [5.41, 5.74) is 2.33. The molecule has 0 N–H and O–H groups in total. The second-order valence-electron chi connectivity index (χ2n) is 4.84. The number of aromatic nitrogens is 1. The van der Waals surface area contributed by atoms with Crippen molar-refractivity contribution in [3.63, 3.8) is 0 Å². The Morgan fingerprint density at radius 3 is 2.56 bits per heavy atom. The number of hydrogen-bond donors (Lipinski definition) is 0. The normalized spacial score (nSPS) is 10.7. The van der Waals surface area contributed by atoms with Gasteiger partial charge in [0.1, 0.15) is 5.82 Å². The van der Waals surface area contributed by atoms with Gasteiger partial charge in [-0.2, -0.15) is 0 Å². The predicted octanol–water partition coefficient (Wildman–Crippen LogP) is 4.40. The number of pyridine rings is 1. The minimum Gasteiger partial charge on any atom is -0.360 e. The second-order valence-corrected chi connectivity index (χ2v) is 5.10. The lowest BCUT2D eigenvalue weighted by Crippen LogP contribution is -2.20. The van der Waals surface area contributed by atoms with E-state index in [-0.39, 0.29) is 0 Å². The molecule has 0 atom stereocenters. The first-order valence-electron chi connectivity index (χ1n) is 6.98. The molecule has 0 aromatic carbocycles. The highest BCUT2D eigenvalue weighted by Gasteiger charge is 2.06. The molecule has 0 unspecified atom stereocenters. The van der Waals surface area contributed by atoms with E-state index in [1.54, 1.807) is 0 Å². The maximum Gasteiger partial charge on any atom is 0.128 e. The van der Waals surface area contributed by atoms with E-state index in [2.05, 4.69) is 37.9 Å². The van der Waals surface area contributed by atoms with Crippen molar-refractivity contribution in [3.8, 4) is 0 Å². The van der Waals surface area contributed by atoms with Gasteiger partial charge < -0.3 is 4.90 Å². The van der Waals surface area contributed by atoms with Crippen molar-refractivity contribution in [3.05, 3.63) is 23.4 Å². The summed E-state index contributed by atoms with van der Waals surface area (Å²) in [7, 11) is 2.12. The number of rotatable bonds is 8. The molecule has 1 aromatic heterocycles. The number of unbranched alkanes of at least 4 members (excludes halogenated alkanes) is 2. The monoisotopic (exact) mass is 268 g/mol. The molecule has 0 aliphatic heterocycles. The van der Waals surface area contributed by atoms with Crippen LogP contribution in [0.25, 0.3) is 0 Å². The minimum absolute atomic E-state index is 0.565. The van der Waals surface area contributed by atoms with Crippen molar-refractivity contribution in [1.29, 1.82) is 0 Å². The lowest BCUT2D eigenvalue weighted by molar-refractivity contribution is 0.699. The van der Waals surface area contributed by atoms with Crippen LogP contribution in [-0.4, -0.2) is 18.6 Å². The standard InChI is InChI=1S/C15H25ClN2/c1-4-6-7-9-18(3)15-11-13(12-16)10-14(17-15)8-5-2/h10-11H,4-9,12H2,1-3H3. The minimum atomic E-state index is 0.565. The van der Waals surface area contributed by atoms with Crippen LogP contribution in [0, 0.1) is 0 Å². The van der Waals surface area contributed by atoms with Crippen LogP contribution >= 0.6 is 11.6 Å². The molecule has 0 fully saturated rings. The van der Waals surface area contributed by atoms with Gasteiger partial charge in [0, 0.05) is 25.2 Å². The van der Waals surface area contributed by atoms with Crippen LogP contribution in [0.2, 0.25) is 0 Å². The van der Waals surface area contributed by atoms with Gasteiger partial charge in [-0.05, 0) is 30.5 Å². The van der Waals surface area contributed by atoms with Crippen molar-refractivity contribution in [2.24, 2.45) is 0 Å². The van der Waals surface area contributed by atoms with Crippen LogP contribution < -0.4 is 4.90 Å². The number of nitrogens with zero attached hydrogens (tertiary/aromatic N) is 2. The average Bonchev–Trinajstić information content (AvgIpc) is 2.39. The van der Waals surface area contributed by atoms with Gasteiger partial charge in [-0.1, -0.05) is 33.1 Å². The maximum absolute atomic E-state index is 5.96. The Kier molecular flexibility index (Phi) is 7.11. The summed E-state index contributed by atoms with van der Waals surface area (Å²) >= 11 is 5.96. The molecule has 2 nitrogen and oxygen atoms in total. The van der Waals surface area contributed by atoms with Crippen LogP contribution in [0.15, 0.2) is 12.1 Å². The third-order valence-electron chi connectivity index (χ3n) is 3.07. The summed E-state index contributed by atoms with van der Waals surface area (Å²) in [6.45, 7) is 5.48. The number of aryl methyl sites for hydroxylation is 1. The van der Waals surface area contributed by atoms with Gasteiger partial charge in [0.15, 0.2) is 0 Å². The molecule has 0 bridgehead atoms. The van der Waals surface area contributed by atoms with Crippen LogP contribution in [-0.2, 0) is 12.3 Å². The fourth-order valence-corrected chi connectivity index (χ4v) is 2.16. The van der Waals surface area contributed by atoms with E-state index < -0.39 is 0 Å². The third kappa shape index (κ3) is 4.85. The van der Waals surface area contributed by atoms with Gasteiger partial charge in [0.2, 0.25) is 0 Å². The SMILES string of the molecule is CCCCCN(C)c1cc(CCl)cc(CCC)n1. The molecular formula is C15H25ClN2. The first kappa shape index (κ1) is 15.3. The van der Waals surface area contributed by atoms with Gasteiger partial charge in [0.05, 0.1) is 0 Å². The molecule has 18 heavy (non-hydrogen) atoms. The number of halogens is 1. The molecular weight excluding hydrogens is 244 g/mol. The summed E-state index contributed by atoms with van der Waals surface area (Å²) in [6, 6.07) is 4.23. The number of anilines is 1. The van der Waals surface area contributed by atoms with E-state index in [4.69, 9.17) is 16.6 Å². The molecule has 0 spiro atoms. The Labute approximate surface area is 116 Å². The van der Waals surface area contributed by atoms with Crippen molar-refractivity contribution in [1.82, 2.24) is 4.98 Å². The molecule has 102 valence electrons. The Morgan fingerprint density at radius 1 is 1.17 bits per heavy atom. The van der Waals surface area contributed by atoms with Crippen LogP contribution in [0.3, 0.4) is 0 Å². The Morgan fingerprint density at radius 2 is 1.94 bits per heavy atom. The highest BCUT2D eigenvalue weighted by Crippen LogP contribution is 2.17. The first-order chi connectivity index (χ1) is 8.71. The molecule has 0 aliphatic carbocycles. The summed E-state index contributed by atoms with van der Waals surface area (Å²) in [5.74, 6) is 1.63. The Balaban J connectivity index is 2.75. The molecule has 1 rings (SSSR count). The highest BCUT2D eigenvalue weighted by atomic mass is 35.5. The quantitative estimate of drug-likeness (QED) is 0.513. The molecule has 1 heterocycles. The summed E-state index contributed by atoms with van der Waals surface area (Å²) in [6.07, 6.45) is 5.91. The summed E-state index contributed by atoms with van der Waals surface area (Å²) in [4.78, 5) is 6.96. The number of hydrogen-bond acceptors (Lipinski definition) is 2. The van der Waals surface area contributed by atoms with E-state index in [0.29, 0.717) is 5.88 Å². The van der Waals surface area contributed by atoms with Gasteiger partial charge >= 0.3 is 0 Å². The fourth-order valence-electron chi connectivity index (χ4n) is 2.00. The van der Waals surface area contributed by atoms with Crippen LogP contribution in [0.5, 0.6) is 0 Å². The number of alkyl halides is 1. The van der Waals surface area contributed by atoms with E-state index >= 15 is 0 Å². The molecule has 0 saturated heterocycles. The predicted molar refractivity (Wildman–Crippen MR) is 80.6 cm³/mol. The highest BCUT2D eigenvalue weighted by molar-refractivity contribution is 6.17. The summed E-state index contributed by atoms with van der Waals surface area (Å²) < 4.78 is 0. The third-order valence-corrected chi connectivity index (χ3v) is 3.38. The van der Waals surface area contributed by atoms with E-state index in [9.17, 15) is 0 Å². The molecule has 0 saturated carbocycles. The lowest BCUT2D eigenvalue weighted by atomic mass is 10.1. The zero-order chi connectivity index (χ0) is 13.4. The largest absolute Gasteiger partial charge is 0.360 e. The van der Waals surface area contributed by atoms with Crippen molar-refractivity contribution >= 4 is 17.4 Å². The average molecular weight is 269 g/mol. The van der Waals surface area contributed by atoms with Crippen LogP contribution in [0.1, 0.15) is 50.8 Å². The van der Waals surface area contributed by atoms with Gasteiger partial charge in [-0.3, -0.25) is 0 Å². The van der Waals surface area contributed by atoms with E-state index in [0.717, 1.165) is 30.9 Å². The molecule has 0 aliphatic rings. The topological polar surface area (TPSA) is 16.1 Å². The van der Waals surface area contributed by atoms with Crippen molar-refractivity contribution in [2.45, 2.75) is 51.8 Å². The summed E-state index contributed by atoms with van der Waals surface area (Å²) in [5, 5.41) is 0. The zero-order valence-corrected chi connectivity index (χ0v) is 12.6. The van der Waals surface area contributed by atoms with Gasteiger partial charge in [-0.25, -0.2) is 4.98 Å². The second kappa shape index (κ2) is 8.36. The molecule has 0 radical (unpaired) electrons. The first-order valence-corrected chi connectivity index (χ1v) is 7.51. The Bertz CT molecular complexity index is 352.